The first-order valence-electron chi connectivity index (χ1n) is 4.32. The summed E-state index contributed by atoms with van der Waals surface area (Å²) in [5.74, 6) is 0. The molecule has 0 atom stereocenters. The van der Waals surface area contributed by atoms with Crippen LogP contribution in [0.1, 0.15) is 0 Å². The maximum Gasteiger partial charge on any atom is 0.518 e. The van der Waals surface area contributed by atoms with Crippen LogP contribution >= 0.6 is 12.0 Å². The van der Waals surface area contributed by atoms with Crippen LogP contribution in [0.15, 0.2) is 47.4 Å². The van der Waals surface area contributed by atoms with Crippen LogP contribution in [-0.4, -0.2) is 11.3 Å². The normalized spacial score (nSPS) is 10.1. The van der Waals surface area contributed by atoms with Crippen molar-refractivity contribution < 1.29 is 14.1 Å². The zero-order valence-corrected chi connectivity index (χ0v) is 8.53. The van der Waals surface area contributed by atoms with Gasteiger partial charge in [0.25, 0.3) is 0 Å². The predicted octanol–water partition coefficient (Wildman–Crippen LogP) is 3.54. The Morgan fingerprint density at radius 2 is 1.87 bits per heavy atom. The van der Waals surface area contributed by atoms with Crippen LogP contribution in [0.5, 0.6) is 0 Å². The molecule has 0 unspecified atom stereocenters. The molecule has 0 spiro atoms. The van der Waals surface area contributed by atoms with Crippen molar-refractivity contribution in [1.29, 1.82) is 0 Å². The summed E-state index contributed by atoms with van der Waals surface area (Å²) in [5, 5.41) is 10.5. The summed E-state index contributed by atoms with van der Waals surface area (Å²) in [4.78, 5) is 11.0. The minimum absolute atomic E-state index is 0.774. The fourth-order valence-electron chi connectivity index (χ4n) is 1.30. The van der Waals surface area contributed by atoms with Crippen LogP contribution in [-0.2, 0) is 4.18 Å². The van der Waals surface area contributed by atoms with Crippen molar-refractivity contribution in [2.75, 3.05) is 0 Å². The highest BCUT2D eigenvalue weighted by atomic mass is 32.2. The highest BCUT2D eigenvalue weighted by Crippen LogP contribution is 2.24. The summed E-state index contributed by atoms with van der Waals surface area (Å²) in [6.45, 7) is 0. The second kappa shape index (κ2) is 4.23. The second-order valence-corrected chi connectivity index (χ2v) is 3.75. The van der Waals surface area contributed by atoms with E-state index in [-0.39, 0.29) is 0 Å². The Morgan fingerprint density at radius 1 is 1.13 bits per heavy atom. The summed E-state index contributed by atoms with van der Waals surface area (Å²) < 4.78 is 4.41. The van der Waals surface area contributed by atoms with E-state index in [2.05, 4.69) is 4.18 Å². The van der Waals surface area contributed by atoms with E-state index < -0.39 is 6.16 Å². The molecule has 0 aliphatic heterocycles. The number of rotatable bonds is 2. The Hall–Kier alpha value is -1.68. The van der Waals surface area contributed by atoms with Gasteiger partial charge >= 0.3 is 6.16 Å². The van der Waals surface area contributed by atoms with Crippen molar-refractivity contribution in [3.63, 3.8) is 0 Å². The van der Waals surface area contributed by atoms with Crippen LogP contribution < -0.4 is 0 Å². The predicted molar refractivity (Wildman–Crippen MR) is 58.9 cm³/mol. The first-order valence-corrected chi connectivity index (χ1v) is 5.06. The van der Waals surface area contributed by atoms with E-state index in [4.69, 9.17) is 5.11 Å². The molecule has 1 N–H and O–H groups in total. The SMILES string of the molecule is O=C(O)OSc1ccc2ccccc2c1. The molecule has 4 heteroatoms. The fraction of sp³-hybridized carbons (Fsp3) is 0. The Morgan fingerprint density at radius 3 is 2.60 bits per heavy atom. The number of benzene rings is 2. The monoisotopic (exact) mass is 220 g/mol. The maximum atomic E-state index is 10.2. The summed E-state index contributed by atoms with van der Waals surface area (Å²) in [7, 11) is 0. The molecule has 0 aliphatic carbocycles. The van der Waals surface area contributed by atoms with Crippen molar-refractivity contribution in [3.05, 3.63) is 42.5 Å². The molecule has 2 rings (SSSR count). The van der Waals surface area contributed by atoms with E-state index in [1.807, 2.05) is 42.5 Å². The van der Waals surface area contributed by atoms with Crippen LogP contribution in [0, 0.1) is 0 Å². The molecule has 0 saturated carbocycles. The van der Waals surface area contributed by atoms with Crippen LogP contribution in [0.2, 0.25) is 0 Å². The molecule has 3 nitrogen and oxygen atoms in total. The lowest BCUT2D eigenvalue weighted by atomic mass is 10.1. The third-order valence-electron chi connectivity index (χ3n) is 1.93. The lowest BCUT2D eigenvalue weighted by Gasteiger charge is -2.01. The highest BCUT2D eigenvalue weighted by Gasteiger charge is 2.01. The average molecular weight is 220 g/mol. The molecule has 0 aliphatic rings. The van der Waals surface area contributed by atoms with Crippen molar-refractivity contribution >= 4 is 29.0 Å². The van der Waals surface area contributed by atoms with Crippen molar-refractivity contribution in [2.24, 2.45) is 0 Å². The molecule has 0 fully saturated rings. The van der Waals surface area contributed by atoms with Gasteiger partial charge in [0.05, 0.1) is 12.0 Å². The molecule has 2 aromatic carbocycles. The van der Waals surface area contributed by atoms with Gasteiger partial charge in [-0.3, -0.25) is 0 Å². The van der Waals surface area contributed by atoms with E-state index >= 15 is 0 Å². The second-order valence-electron chi connectivity index (χ2n) is 2.94. The van der Waals surface area contributed by atoms with E-state index in [1.54, 1.807) is 0 Å². The fourth-order valence-corrected chi connectivity index (χ4v) is 1.77. The molecular weight excluding hydrogens is 212 g/mol. The Labute approximate surface area is 90.9 Å². The van der Waals surface area contributed by atoms with Crippen molar-refractivity contribution in [1.82, 2.24) is 0 Å². The van der Waals surface area contributed by atoms with Gasteiger partial charge in [0.15, 0.2) is 0 Å². The Balaban J connectivity index is 2.26. The third-order valence-corrected chi connectivity index (χ3v) is 2.60. The van der Waals surface area contributed by atoms with Gasteiger partial charge in [0, 0.05) is 4.90 Å². The molecule has 0 heterocycles. The minimum Gasteiger partial charge on any atom is -0.449 e. The van der Waals surface area contributed by atoms with E-state index in [0.717, 1.165) is 27.7 Å². The molecule has 0 bridgehead atoms. The quantitative estimate of drug-likeness (QED) is 0.786. The average Bonchev–Trinajstić information content (AvgIpc) is 2.26. The zero-order valence-electron chi connectivity index (χ0n) is 7.71. The first-order chi connectivity index (χ1) is 7.25. The molecule has 0 saturated heterocycles. The number of hydrogen-bond acceptors (Lipinski definition) is 3. The standard InChI is InChI=1S/C11H8O3S/c12-11(13)14-15-10-6-5-8-3-1-2-4-9(8)7-10/h1-7H,(H,12,13). The Kier molecular flexibility index (Phi) is 2.78. The highest BCUT2D eigenvalue weighted by molar-refractivity contribution is 7.95. The third kappa shape index (κ3) is 2.41. The topological polar surface area (TPSA) is 46.5 Å². The van der Waals surface area contributed by atoms with Crippen LogP contribution in [0.4, 0.5) is 4.79 Å². The number of carbonyl (C=O) groups is 1. The van der Waals surface area contributed by atoms with Gasteiger partial charge in [-0.15, -0.1) is 0 Å². The molecular formula is C11H8O3S. The lowest BCUT2D eigenvalue weighted by molar-refractivity contribution is 0.153. The maximum absolute atomic E-state index is 10.2. The van der Waals surface area contributed by atoms with E-state index in [9.17, 15) is 4.79 Å². The number of fused-ring (bicyclic) bond motifs is 1. The summed E-state index contributed by atoms with van der Waals surface area (Å²) in [6, 6.07) is 13.5. The van der Waals surface area contributed by atoms with Gasteiger partial charge in [0.2, 0.25) is 0 Å². The molecule has 76 valence electrons. The minimum atomic E-state index is -1.28. The van der Waals surface area contributed by atoms with Gasteiger partial charge < -0.3 is 9.29 Å². The smallest absolute Gasteiger partial charge is 0.449 e. The summed E-state index contributed by atoms with van der Waals surface area (Å²) in [6.07, 6.45) is -1.28. The molecule has 15 heavy (non-hydrogen) atoms. The number of carboxylic acid groups (broad SMARTS) is 1. The molecule has 0 aromatic heterocycles. The zero-order chi connectivity index (χ0) is 10.7. The van der Waals surface area contributed by atoms with Gasteiger partial charge in [0.1, 0.15) is 0 Å². The van der Waals surface area contributed by atoms with Gasteiger partial charge in [-0.25, -0.2) is 4.79 Å². The molecule has 0 amide bonds. The largest absolute Gasteiger partial charge is 0.518 e. The summed E-state index contributed by atoms with van der Waals surface area (Å²) >= 11 is 0.844. The Bertz CT molecular complexity index is 496. The van der Waals surface area contributed by atoms with E-state index in [0.29, 0.717) is 0 Å². The summed E-state index contributed by atoms with van der Waals surface area (Å²) in [5.41, 5.74) is 0. The molecule has 2 aromatic rings. The van der Waals surface area contributed by atoms with Crippen molar-refractivity contribution in [2.45, 2.75) is 4.90 Å². The van der Waals surface area contributed by atoms with Gasteiger partial charge in [-0.2, -0.15) is 0 Å². The van der Waals surface area contributed by atoms with E-state index in [1.165, 1.54) is 0 Å². The van der Waals surface area contributed by atoms with Gasteiger partial charge in [-0.1, -0.05) is 30.3 Å². The van der Waals surface area contributed by atoms with Crippen molar-refractivity contribution in [3.8, 4) is 0 Å². The van der Waals surface area contributed by atoms with Gasteiger partial charge in [-0.05, 0) is 22.9 Å². The first kappa shape index (κ1) is 9.86. The lowest BCUT2D eigenvalue weighted by Crippen LogP contribution is -1.90. The van der Waals surface area contributed by atoms with Crippen LogP contribution in [0.25, 0.3) is 10.8 Å². The number of hydrogen-bond donors (Lipinski definition) is 1. The molecule has 0 radical (unpaired) electrons. The van der Waals surface area contributed by atoms with Crippen LogP contribution in [0.3, 0.4) is 0 Å².